The van der Waals surface area contributed by atoms with Gasteiger partial charge in [-0.2, -0.15) is 5.10 Å². The molecule has 0 saturated heterocycles. The number of aryl methyl sites for hydroxylation is 1. The third-order valence-electron chi connectivity index (χ3n) is 4.84. The summed E-state index contributed by atoms with van der Waals surface area (Å²) < 4.78 is 6.88. The zero-order chi connectivity index (χ0) is 20.2. The Hall–Kier alpha value is -3.06. The van der Waals surface area contributed by atoms with Crippen LogP contribution in [0.5, 0.6) is 0 Å². The van der Waals surface area contributed by atoms with Gasteiger partial charge in [-0.3, -0.25) is 14.3 Å². The molecule has 150 valence electrons. The van der Waals surface area contributed by atoms with Gasteiger partial charge in [0, 0.05) is 43.7 Å². The van der Waals surface area contributed by atoms with Crippen molar-refractivity contribution in [2.24, 2.45) is 0 Å². The van der Waals surface area contributed by atoms with E-state index in [0.717, 1.165) is 17.7 Å². The normalized spacial score (nSPS) is 13.8. The van der Waals surface area contributed by atoms with Crippen LogP contribution in [0.3, 0.4) is 0 Å². The average Bonchev–Trinajstić information content (AvgIpc) is 3.36. The first kappa shape index (κ1) is 19.3. The molecule has 29 heavy (non-hydrogen) atoms. The Balaban J connectivity index is 1.43. The molecule has 8 heteroatoms. The topological polar surface area (TPSA) is 80.4 Å². The molecule has 0 saturated carbocycles. The van der Waals surface area contributed by atoms with Gasteiger partial charge in [-0.1, -0.05) is 23.7 Å². The highest BCUT2D eigenvalue weighted by Crippen LogP contribution is 2.18. The first-order valence-corrected chi connectivity index (χ1v) is 9.90. The minimum Gasteiger partial charge on any atom is -0.469 e. The zero-order valence-electron chi connectivity index (χ0n) is 15.8. The van der Waals surface area contributed by atoms with Gasteiger partial charge in [-0.15, -0.1) is 0 Å². The van der Waals surface area contributed by atoms with Crippen LogP contribution in [0.15, 0.2) is 53.1 Å². The second kappa shape index (κ2) is 8.53. The number of furan rings is 1. The molecule has 1 N–H and O–H groups in total. The summed E-state index contributed by atoms with van der Waals surface area (Å²) in [6, 6.07) is 12.7. The Bertz CT molecular complexity index is 996. The highest BCUT2D eigenvalue weighted by molar-refractivity contribution is 6.30. The maximum absolute atomic E-state index is 13.0. The number of carbonyl (C=O) groups is 2. The molecule has 1 aromatic carbocycles. The fraction of sp³-hybridized carbons (Fsp3) is 0.286. The lowest BCUT2D eigenvalue weighted by Crippen LogP contribution is -2.30. The number of rotatable bonds is 6. The van der Waals surface area contributed by atoms with Crippen LogP contribution in [0.25, 0.3) is 0 Å². The minimum absolute atomic E-state index is 0.125. The van der Waals surface area contributed by atoms with Crippen molar-refractivity contribution in [2.75, 3.05) is 13.1 Å². The molecule has 3 aromatic rings. The zero-order valence-corrected chi connectivity index (χ0v) is 16.6. The number of hydrogen-bond acceptors (Lipinski definition) is 4. The Morgan fingerprint density at radius 2 is 2.03 bits per heavy atom. The molecule has 0 spiro atoms. The van der Waals surface area contributed by atoms with E-state index in [4.69, 9.17) is 16.0 Å². The van der Waals surface area contributed by atoms with E-state index in [9.17, 15) is 9.59 Å². The van der Waals surface area contributed by atoms with E-state index in [1.165, 1.54) is 0 Å². The van der Waals surface area contributed by atoms with Gasteiger partial charge in [0.25, 0.3) is 11.8 Å². The SMILES string of the molecule is O=C(NCCc1ccco1)c1cc2n(n1)CCCN(Cc1ccc(Cl)cc1)C2=O. The molecule has 7 nitrogen and oxygen atoms in total. The van der Waals surface area contributed by atoms with Crippen molar-refractivity contribution in [1.29, 1.82) is 0 Å². The summed E-state index contributed by atoms with van der Waals surface area (Å²) in [6.45, 7) is 2.16. The predicted molar refractivity (Wildman–Crippen MR) is 108 cm³/mol. The van der Waals surface area contributed by atoms with Crippen LogP contribution in [0.4, 0.5) is 0 Å². The van der Waals surface area contributed by atoms with E-state index < -0.39 is 0 Å². The number of hydrogen-bond donors (Lipinski definition) is 1. The maximum atomic E-state index is 13.0. The number of carbonyl (C=O) groups excluding carboxylic acids is 2. The van der Waals surface area contributed by atoms with Crippen LogP contribution in [0.1, 0.15) is 38.7 Å². The third-order valence-corrected chi connectivity index (χ3v) is 5.09. The Kier molecular flexibility index (Phi) is 5.67. The monoisotopic (exact) mass is 412 g/mol. The highest BCUT2D eigenvalue weighted by Gasteiger charge is 2.26. The molecular formula is C21H21ClN4O3. The predicted octanol–water partition coefficient (Wildman–Crippen LogP) is 3.15. The molecule has 0 unspecified atom stereocenters. The summed E-state index contributed by atoms with van der Waals surface area (Å²) in [7, 11) is 0. The molecular weight excluding hydrogens is 392 g/mol. The minimum atomic E-state index is -0.297. The van der Waals surface area contributed by atoms with Crippen molar-refractivity contribution < 1.29 is 14.0 Å². The lowest BCUT2D eigenvalue weighted by atomic mass is 10.2. The van der Waals surface area contributed by atoms with Crippen molar-refractivity contribution in [3.8, 4) is 0 Å². The molecule has 0 fully saturated rings. The van der Waals surface area contributed by atoms with Crippen LogP contribution >= 0.6 is 11.6 Å². The number of halogens is 1. The van der Waals surface area contributed by atoms with Crippen LogP contribution in [0, 0.1) is 0 Å². The molecule has 2 aromatic heterocycles. The maximum Gasteiger partial charge on any atom is 0.272 e. The van der Waals surface area contributed by atoms with Gasteiger partial charge in [0.1, 0.15) is 11.5 Å². The van der Waals surface area contributed by atoms with Gasteiger partial charge in [-0.05, 0) is 36.2 Å². The molecule has 0 atom stereocenters. The second-order valence-corrected chi connectivity index (χ2v) is 7.37. The average molecular weight is 413 g/mol. The highest BCUT2D eigenvalue weighted by atomic mass is 35.5. The molecule has 2 amide bonds. The third kappa shape index (κ3) is 4.51. The van der Waals surface area contributed by atoms with Crippen LogP contribution in [-0.2, 0) is 19.5 Å². The number of amides is 2. The van der Waals surface area contributed by atoms with E-state index >= 15 is 0 Å². The Morgan fingerprint density at radius 1 is 1.21 bits per heavy atom. The molecule has 1 aliphatic rings. The molecule has 0 aliphatic carbocycles. The van der Waals surface area contributed by atoms with E-state index in [1.54, 1.807) is 21.9 Å². The summed E-state index contributed by atoms with van der Waals surface area (Å²) in [5.74, 6) is 0.382. The van der Waals surface area contributed by atoms with Gasteiger partial charge in [0.2, 0.25) is 0 Å². The number of aromatic nitrogens is 2. The van der Waals surface area contributed by atoms with Crippen LogP contribution < -0.4 is 5.32 Å². The number of nitrogens with one attached hydrogen (secondary N) is 1. The number of nitrogens with zero attached hydrogens (tertiary/aromatic N) is 3. The largest absolute Gasteiger partial charge is 0.469 e. The van der Waals surface area contributed by atoms with E-state index in [1.807, 2.05) is 36.4 Å². The molecule has 0 bridgehead atoms. The van der Waals surface area contributed by atoms with Crippen molar-refractivity contribution in [3.63, 3.8) is 0 Å². The first-order valence-electron chi connectivity index (χ1n) is 9.52. The van der Waals surface area contributed by atoms with Gasteiger partial charge in [0.05, 0.1) is 6.26 Å². The van der Waals surface area contributed by atoms with Crippen molar-refractivity contribution in [3.05, 3.63) is 76.5 Å². The fourth-order valence-corrected chi connectivity index (χ4v) is 3.48. The van der Waals surface area contributed by atoms with Gasteiger partial charge >= 0.3 is 0 Å². The second-order valence-electron chi connectivity index (χ2n) is 6.93. The number of fused-ring (bicyclic) bond motifs is 1. The van der Waals surface area contributed by atoms with Crippen LogP contribution in [-0.4, -0.2) is 39.6 Å². The molecule has 1 aliphatic heterocycles. The van der Waals surface area contributed by atoms with Gasteiger partial charge in [0.15, 0.2) is 5.69 Å². The summed E-state index contributed by atoms with van der Waals surface area (Å²) in [5.41, 5.74) is 1.69. The summed E-state index contributed by atoms with van der Waals surface area (Å²) >= 11 is 5.94. The Morgan fingerprint density at radius 3 is 2.79 bits per heavy atom. The summed E-state index contributed by atoms with van der Waals surface area (Å²) in [5, 5.41) is 7.83. The van der Waals surface area contributed by atoms with Crippen molar-refractivity contribution >= 4 is 23.4 Å². The smallest absolute Gasteiger partial charge is 0.272 e. The fourth-order valence-electron chi connectivity index (χ4n) is 3.35. The van der Waals surface area contributed by atoms with E-state index in [2.05, 4.69) is 10.4 Å². The summed E-state index contributed by atoms with van der Waals surface area (Å²) in [4.78, 5) is 27.2. The van der Waals surface area contributed by atoms with Crippen LogP contribution in [0.2, 0.25) is 5.02 Å². The molecule has 3 heterocycles. The van der Waals surface area contributed by atoms with E-state index in [-0.39, 0.29) is 17.5 Å². The van der Waals surface area contributed by atoms with Crippen molar-refractivity contribution in [2.45, 2.75) is 25.9 Å². The first-order chi connectivity index (χ1) is 14.1. The number of benzene rings is 1. The summed E-state index contributed by atoms with van der Waals surface area (Å²) in [6.07, 6.45) is 2.97. The van der Waals surface area contributed by atoms with Gasteiger partial charge in [-0.25, -0.2) is 0 Å². The van der Waals surface area contributed by atoms with E-state index in [0.29, 0.717) is 43.3 Å². The molecule has 4 rings (SSSR count). The van der Waals surface area contributed by atoms with Gasteiger partial charge < -0.3 is 14.6 Å². The Labute approximate surface area is 173 Å². The lowest BCUT2D eigenvalue weighted by Gasteiger charge is -2.20. The lowest BCUT2D eigenvalue weighted by molar-refractivity contribution is 0.0745. The van der Waals surface area contributed by atoms with Crippen molar-refractivity contribution in [1.82, 2.24) is 20.0 Å². The quantitative estimate of drug-likeness (QED) is 0.674. The standard InChI is InChI=1S/C21H21ClN4O3/c22-16-6-4-15(5-7-16)14-25-10-2-11-26-19(21(25)28)13-18(24-26)20(27)23-9-8-17-3-1-12-29-17/h1,3-7,12-13H,2,8-11,14H2,(H,23,27). The molecule has 0 radical (unpaired) electrons.